The number of aliphatic hydroxyl groups is 1. The Bertz CT molecular complexity index is 556. The second-order valence-corrected chi connectivity index (χ2v) is 3.27. The highest BCUT2D eigenvalue weighted by atomic mass is 16.3. The smallest absolute Gasteiger partial charge is 0.311 e. The van der Waals surface area contributed by atoms with Crippen LogP contribution in [0.1, 0.15) is 0 Å². The van der Waals surface area contributed by atoms with Crippen molar-refractivity contribution in [1.29, 1.82) is 0 Å². The molecule has 2 aromatic rings. The van der Waals surface area contributed by atoms with Crippen molar-refractivity contribution in [3.63, 3.8) is 0 Å². The molecule has 2 heterocycles. The van der Waals surface area contributed by atoms with Crippen molar-refractivity contribution in [2.45, 2.75) is 6.54 Å². The Balaban J connectivity index is 2.81. The monoisotopic (exact) mass is 210 g/mol. The predicted molar refractivity (Wildman–Crippen MR) is 53.0 cm³/mol. The van der Waals surface area contributed by atoms with Gasteiger partial charge in [-0.3, -0.25) is 14.3 Å². The van der Waals surface area contributed by atoms with Crippen LogP contribution in [0.5, 0.6) is 0 Å². The van der Waals surface area contributed by atoms with Crippen LogP contribution in [-0.2, 0) is 13.6 Å². The van der Waals surface area contributed by atoms with E-state index >= 15 is 0 Å². The van der Waals surface area contributed by atoms with Gasteiger partial charge in [0.25, 0.3) is 11.5 Å². The van der Waals surface area contributed by atoms with Crippen LogP contribution in [0.3, 0.4) is 0 Å². The van der Waals surface area contributed by atoms with Crippen LogP contribution in [0.25, 0.3) is 11.2 Å². The van der Waals surface area contributed by atoms with Crippen molar-refractivity contribution in [3.8, 4) is 0 Å². The third-order valence-corrected chi connectivity index (χ3v) is 2.17. The summed E-state index contributed by atoms with van der Waals surface area (Å²) in [7, 11) is 1.77. The lowest BCUT2D eigenvalue weighted by Gasteiger charge is -1.93. The summed E-state index contributed by atoms with van der Waals surface area (Å²) < 4.78 is 3.33. The molecule has 0 aromatic carbocycles. The average molecular weight is 210 g/mol. The number of hydrogen-bond donors (Lipinski definition) is 3. The number of rotatable bonds is 2. The van der Waals surface area contributed by atoms with Crippen LogP contribution < -0.4 is 15.9 Å². The highest BCUT2D eigenvalue weighted by Gasteiger charge is 2.18. The maximum Gasteiger partial charge on any atom is 0.311 e. The number of nitrogens with zero attached hydrogens (tertiary/aromatic N) is 3. The molecule has 0 amide bonds. The van der Waals surface area contributed by atoms with Crippen molar-refractivity contribution < 1.29 is 9.67 Å². The molecule has 0 unspecified atom stereocenters. The van der Waals surface area contributed by atoms with E-state index in [1.807, 2.05) is 0 Å². The number of aromatic amines is 1. The number of nitrogens with one attached hydrogen (secondary N) is 1. The fourth-order valence-corrected chi connectivity index (χ4v) is 1.58. The van der Waals surface area contributed by atoms with Crippen LogP contribution in [0, 0.1) is 0 Å². The fourth-order valence-electron chi connectivity index (χ4n) is 1.58. The van der Waals surface area contributed by atoms with E-state index < -0.39 is 0 Å². The minimum atomic E-state index is -0.299. The third-order valence-electron chi connectivity index (χ3n) is 2.17. The van der Waals surface area contributed by atoms with Gasteiger partial charge in [-0.15, -0.1) is 0 Å². The Morgan fingerprint density at radius 3 is 3.13 bits per heavy atom. The Hall–Kier alpha value is -1.89. The topological polar surface area (TPSA) is 101 Å². The molecule has 0 aliphatic carbocycles. The molecule has 0 aliphatic rings. The summed E-state index contributed by atoms with van der Waals surface area (Å²) in [6.45, 7) is 0.319. The lowest BCUT2D eigenvalue weighted by atomic mass is 10.5. The van der Waals surface area contributed by atoms with Gasteiger partial charge in [-0.2, -0.15) is 0 Å². The average Bonchev–Trinajstić information content (AvgIpc) is 2.44. The Morgan fingerprint density at radius 1 is 1.73 bits per heavy atom. The zero-order chi connectivity index (χ0) is 11.0. The summed E-state index contributed by atoms with van der Waals surface area (Å²) in [5.74, 6) is 0.0878. The molecule has 0 radical (unpaired) electrons. The van der Waals surface area contributed by atoms with E-state index in [2.05, 4.69) is 9.97 Å². The lowest BCUT2D eigenvalue weighted by molar-refractivity contribution is -0.647. The number of imidazole rings is 1. The van der Waals surface area contributed by atoms with Crippen LogP contribution in [0.15, 0.2) is 11.1 Å². The molecule has 0 saturated carbocycles. The minimum absolute atomic E-state index is 0.0341. The maximum atomic E-state index is 11.6. The highest BCUT2D eigenvalue weighted by molar-refractivity contribution is 5.67. The van der Waals surface area contributed by atoms with Crippen molar-refractivity contribution in [2.75, 3.05) is 12.3 Å². The summed E-state index contributed by atoms with van der Waals surface area (Å²) in [6, 6.07) is 0. The number of H-pyrrole nitrogens is 1. The molecule has 2 rings (SSSR count). The molecule has 0 fully saturated rings. The number of hydrogen-bond acceptors (Lipinski definition) is 4. The van der Waals surface area contributed by atoms with E-state index in [0.717, 1.165) is 0 Å². The maximum absolute atomic E-state index is 11.6. The molecule has 15 heavy (non-hydrogen) atoms. The Labute approximate surface area is 84.8 Å². The van der Waals surface area contributed by atoms with Gasteiger partial charge in [-0.25, -0.2) is 4.57 Å². The van der Waals surface area contributed by atoms with Crippen molar-refractivity contribution >= 4 is 17.1 Å². The summed E-state index contributed by atoms with van der Waals surface area (Å²) in [5, 5.41) is 8.85. The zero-order valence-electron chi connectivity index (χ0n) is 8.27. The van der Waals surface area contributed by atoms with Gasteiger partial charge in [-0.05, 0) is 0 Å². The molecule has 0 atom stereocenters. The minimum Gasteiger partial charge on any atom is -0.393 e. The molecule has 0 spiro atoms. The molecule has 7 nitrogen and oxygen atoms in total. The van der Waals surface area contributed by atoms with Gasteiger partial charge in [0.15, 0.2) is 6.33 Å². The normalized spacial score (nSPS) is 11.1. The highest BCUT2D eigenvalue weighted by Crippen LogP contribution is 2.03. The van der Waals surface area contributed by atoms with E-state index in [0.29, 0.717) is 17.7 Å². The van der Waals surface area contributed by atoms with E-state index in [9.17, 15) is 4.79 Å². The molecule has 0 bridgehead atoms. The first-order valence-electron chi connectivity index (χ1n) is 4.48. The van der Waals surface area contributed by atoms with Crippen LogP contribution >= 0.6 is 0 Å². The van der Waals surface area contributed by atoms with Crippen LogP contribution in [0.2, 0.25) is 0 Å². The number of anilines is 1. The molecular formula is C8H12N5O2+. The largest absolute Gasteiger partial charge is 0.393 e. The van der Waals surface area contributed by atoms with Crippen LogP contribution in [-0.4, -0.2) is 26.2 Å². The van der Waals surface area contributed by atoms with Gasteiger partial charge in [0.2, 0.25) is 5.52 Å². The first-order valence-corrected chi connectivity index (χ1v) is 4.48. The zero-order valence-corrected chi connectivity index (χ0v) is 8.27. The predicted octanol–water partition coefficient (Wildman–Crippen LogP) is -1.88. The Kier molecular flexibility index (Phi) is 2.16. The summed E-state index contributed by atoms with van der Waals surface area (Å²) >= 11 is 0. The van der Waals surface area contributed by atoms with Gasteiger partial charge in [-0.1, -0.05) is 4.98 Å². The molecule has 7 heteroatoms. The van der Waals surface area contributed by atoms with Crippen molar-refractivity contribution in [3.05, 3.63) is 16.7 Å². The quantitative estimate of drug-likeness (QED) is 0.505. The SMILES string of the molecule is C[n+]1cn(CCO)c2c(=O)[nH]c(N)nc21. The summed E-state index contributed by atoms with van der Waals surface area (Å²) in [5.41, 5.74) is 6.06. The number of aliphatic hydroxyl groups excluding tert-OH is 1. The first-order chi connectivity index (χ1) is 7.13. The number of nitrogens with two attached hydrogens (primary N) is 1. The van der Waals surface area contributed by atoms with Crippen LogP contribution in [0.4, 0.5) is 5.95 Å². The molecule has 2 aromatic heterocycles. The van der Waals surface area contributed by atoms with E-state index in [4.69, 9.17) is 10.8 Å². The van der Waals surface area contributed by atoms with Gasteiger partial charge in [0.1, 0.15) is 0 Å². The molecule has 0 aliphatic heterocycles. The standard InChI is InChI=1S/C8H11N5O2/c1-12-4-13(2-3-14)5-6(12)10-8(9)11-7(5)15/h4,14H,2-3H2,1H3,(H2-,9,10,11,15)/p+1. The van der Waals surface area contributed by atoms with Crippen molar-refractivity contribution in [1.82, 2.24) is 14.5 Å². The summed E-state index contributed by atoms with van der Waals surface area (Å²) in [6.07, 6.45) is 1.70. The Morgan fingerprint density at radius 2 is 2.47 bits per heavy atom. The van der Waals surface area contributed by atoms with E-state index in [1.165, 1.54) is 0 Å². The molecule has 4 N–H and O–H groups in total. The second kappa shape index (κ2) is 3.35. The molecule has 80 valence electrons. The van der Waals surface area contributed by atoms with Gasteiger partial charge in [0, 0.05) is 0 Å². The second-order valence-electron chi connectivity index (χ2n) is 3.27. The number of nitrogen functional groups attached to an aromatic ring is 1. The molecular weight excluding hydrogens is 198 g/mol. The van der Waals surface area contributed by atoms with Gasteiger partial charge < -0.3 is 10.8 Å². The first kappa shape index (κ1) is 9.66. The summed E-state index contributed by atoms with van der Waals surface area (Å²) in [4.78, 5) is 18.1. The van der Waals surface area contributed by atoms with Gasteiger partial charge >= 0.3 is 5.65 Å². The van der Waals surface area contributed by atoms with E-state index in [1.54, 1.807) is 22.5 Å². The molecule has 0 saturated heterocycles. The lowest BCUT2D eigenvalue weighted by Crippen LogP contribution is -2.27. The third kappa shape index (κ3) is 1.46. The fraction of sp³-hybridized carbons (Fsp3) is 0.375. The number of fused-ring (bicyclic) bond motifs is 1. The number of aromatic nitrogens is 4. The number of aryl methyl sites for hydroxylation is 1. The van der Waals surface area contributed by atoms with Crippen molar-refractivity contribution in [2.24, 2.45) is 7.05 Å². The van der Waals surface area contributed by atoms with Gasteiger partial charge in [0.05, 0.1) is 20.2 Å². The van der Waals surface area contributed by atoms with E-state index in [-0.39, 0.29) is 18.1 Å².